The topological polar surface area (TPSA) is 63.5 Å². The molecule has 1 aliphatic carbocycles. The Hall–Kier alpha value is -1.65. The average molecular weight is 347 g/mol. The van der Waals surface area contributed by atoms with Crippen molar-refractivity contribution in [3.63, 3.8) is 0 Å². The van der Waals surface area contributed by atoms with Crippen LogP contribution in [0.4, 0.5) is 5.13 Å². The van der Waals surface area contributed by atoms with E-state index in [9.17, 15) is 10.1 Å². The Kier molecular flexibility index (Phi) is 5.36. The van der Waals surface area contributed by atoms with Crippen LogP contribution in [0.1, 0.15) is 32.1 Å². The van der Waals surface area contributed by atoms with E-state index in [4.69, 9.17) is 0 Å². The number of nitrogens with zero attached hydrogens (tertiary/aromatic N) is 5. The van der Waals surface area contributed by atoms with Crippen molar-refractivity contribution >= 4 is 22.4 Å². The Labute approximate surface area is 147 Å². The minimum atomic E-state index is -0.585. The fourth-order valence-corrected chi connectivity index (χ4v) is 4.36. The van der Waals surface area contributed by atoms with Gasteiger partial charge >= 0.3 is 0 Å². The Morgan fingerprint density at radius 3 is 2.62 bits per heavy atom. The molecule has 0 radical (unpaired) electrons. The average Bonchev–Trinajstić information content (AvgIpc) is 3.17. The molecule has 1 aromatic rings. The molecule has 2 heterocycles. The Bertz CT molecular complexity index is 583. The number of piperazine rings is 1. The van der Waals surface area contributed by atoms with Crippen molar-refractivity contribution in [2.45, 2.75) is 37.6 Å². The first-order valence-electron chi connectivity index (χ1n) is 8.69. The van der Waals surface area contributed by atoms with Gasteiger partial charge in [-0.3, -0.25) is 9.69 Å². The van der Waals surface area contributed by atoms with Gasteiger partial charge in [-0.05, 0) is 12.8 Å². The third-order valence-corrected chi connectivity index (χ3v) is 6.16. The van der Waals surface area contributed by atoms with Gasteiger partial charge in [0.05, 0.1) is 12.6 Å². The molecule has 6 nitrogen and oxygen atoms in total. The molecular formula is C17H25N5OS. The maximum atomic E-state index is 12.7. The van der Waals surface area contributed by atoms with Gasteiger partial charge in [0, 0.05) is 44.8 Å². The number of anilines is 1. The minimum absolute atomic E-state index is 0.0705. The van der Waals surface area contributed by atoms with E-state index >= 15 is 0 Å². The Balaban J connectivity index is 1.53. The van der Waals surface area contributed by atoms with Crippen molar-refractivity contribution in [2.24, 2.45) is 0 Å². The summed E-state index contributed by atoms with van der Waals surface area (Å²) >= 11 is 1.66. The number of aromatic nitrogens is 1. The maximum absolute atomic E-state index is 12.7. The van der Waals surface area contributed by atoms with Gasteiger partial charge in [0.15, 0.2) is 5.13 Å². The number of amides is 1. The normalized spacial score (nSPS) is 21.2. The number of nitriles is 1. The Morgan fingerprint density at radius 2 is 2.04 bits per heavy atom. The quantitative estimate of drug-likeness (QED) is 0.833. The van der Waals surface area contributed by atoms with Crippen LogP contribution in [-0.4, -0.2) is 66.0 Å². The van der Waals surface area contributed by atoms with Crippen LogP contribution in [0, 0.1) is 11.3 Å². The van der Waals surface area contributed by atoms with Crippen LogP contribution in [0.25, 0.3) is 0 Å². The molecule has 1 saturated heterocycles. The highest BCUT2D eigenvalue weighted by Crippen LogP contribution is 2.32. The number of rotatable bonds is 4. The van der Waals surface area contributed by atoms with Gasteiger partial charge in [-0.15, -0.1) is 11.3 Å². The molecule has 0 aromatic carbocycles. The highest BCUT2D eigenvalue weighted by Gasteiger charge is 2.39. The van der Waals surface area contributed by atoms with Gasteiger partial charge in [-0.1, -0.05) is 19.3 Å². The maximum Gasteiger partial charge on any atom is 0.237 e. The smallest absolute Gasteiger partial charge is 0.237 e. The molecule has 0 unspecified atom stereocenters. The van der Waals surface area contributed by atoms with E-state index in [1.807, 2.05) is 18.6 Å². The summed E-state index contributed by atoms with van der Waals surface area (Å²) in [5, 5.41) is 12.7. The highest BCUT2D eigenvalue weighted by atomic mass is 32.1. The number of hydrogen-bond donors (Lipinski definition) is 0. The van der Waals surface area contributed by atoms with Crippen LogP contribution in [0.2, 0.25) is 0 Å². The third-order valence-electron chi connectivity index (χ3n) is 5.33. The first-order chi connectivity index (χ1) is 11.6. The molecule has 1 amide bonds. The fraction of sp³-hybridized carbons (Fsp3) is 0.706. The minimum Gasteiger partial charge on any atom is -0.346 e. The lowest BCUT2D eigenvalue weighted by atomic mass is 9.81. The fourth-order valence-electron chi connectivity index (χ4n) is 3.66. The summed E-state index contributed by atoms with van der Waals surface area (Å²) < 4.78 is 0. The lowest BCUT2D eigenvalue weighted by Gasteiger charge is -2.41. The summed E-state index contributed by atoms with van der Waals surface area (Å²) in [6.45, 7) is 3.92. The first kappa shape index (κ1) is 17.2. The molecule has 2 aliphatic rings. The molecular weight excluding hydrogens is 322 g/mol. The van der Waals surface area contributed by atoms with E-state index in [0.717, 1.165) is 57.0 Å². The van der Waals surface area contributed by atoms with Gasteiger partial charge in [0.25, 0.3) is 0 Å². The molecule has 2 fully saturated rings. The second-order valence-corrected chi connectivity index (χ2v) is 7.61. The van der Waals surface area contributed by atoms with Crippen LogP contribution in [0.15, 0.2) is 11.6 Å². The van der Waals surface area contributed by atoms with Gasteiger partial charge in [-0.25, -0.2) is 4.98 Å². The first-order valence-corrected chi connectivity index (χ1v) is 9.57. The summed E-state index contributed by atoms with van der Waals surface area (Å²) in [4.78, 5) is 23.2. The van der Waals surface area contributed by atoms with Gasteiger partial charge in [0.1, 0.15) is 5.54 Å². The predicted molar refractivity (Wildman–Crippen MR) is 95.0 cm³/mol. The number of carbonyl (C=O) groups is 1. The van der Waals surface area contributed by atoms with Crippen LogP contribution >= 0.6 is 11.3 Å². The second kappa shape index (κ2) is 7.49. The molecule has 130 valence electrons. The van der Waals surface area contributed by atoms with Gasteiger partial charge in [-0.2, -0.15) is 5.26 Å². The van der Waals surface area contributed by atoms with E-state index in [1.54, 1.807) is 16.2 Å². The summed E-state index contributed by atoms with van der Waals surface area (Å²) in [5.41, 5.74) is -0.585. The Morgan fingerprint density at radius 1 is 1.33 bits per heavy atom. The summed E-state index contributed by atoms with van der Waals surface area (Å²) in [5.74, 6) is 0.0705. The van der Waals surface area contributed by atoms with Crippen molar-refractivity contribution in [3.8, 4) is 6.07 Å². The van der Waals surface area contributed by atoms with Gasteiger partial charge < -0.3 is 9.80 Å². The molecule has 24 heavy (non-hydrogen) atoms. The largest absolute Gasteiger partial charge is 0.346 e. The van der Waals surface area contributed by atoms with Crippen molar-refractivity contribution in [3.05, 3.63) is 11.6 Å². The highest BCUT2D eigenvalue weighted by molar-refractivity contribution is 7.13. The van der Waals surface area contributed by atoms with E-state index in [1.165, 1.54) is 6.42 Å². The molecule has 1 aromatic heterocycles. The van der Waals surface area contributed by atoms with Crippen LogP contribution in [0.3, 0.4) is 0 Å². The lowest BCUT2D eigenvalue weighted by molar-refractivity contribution is -0.136. The zero-order chi connectivity index (χ0) is 17.0. The van der Waals surface area contributed by atoms with E-state index in [2.05, 4.69) is 20.9 Å². The molecule has 0 bridgehead atoms. The predicted octanol–water partition coefficient (Wildman–Crippen LogP) is 1.95. The molecule has 0 N–H and O–H groups in total. The lowest BCUT2D eigenvalue weighted by Crippen LogP contribution is -2.55. The molecule has 1 aliphatic heterocycles. The van der Waals surface area contributed by atoms with Crippen LogP contribution < -0.4 is 4.90 Å². The zero-order valence-corrected chi connectivity index (χ0v) is 15.1. The second-order valence-electron chi connectivity index (χ2n) is 6.73. The molecule has 7 heteroatoms. The van der Waals surface area contributed by atoms with E-state index < -0.39 is 5.54 Å². The zero-order valence-electron chi connectivity index (χ0n) is 14.3. The number of hydrogen-bond acceptors (Lipinski definition) is 6. The van der Waals surface area contributed by atoms with Gasteiger partial charge in [0.2, 0.25) is 5.91 Å². The van der Waals surface area contributed by atoms with Crippen molar-refractivity contribution < 1.29 is 4.79 Å². The summed E-state index contributed by atoms with van der Waals surface area (Å²) in [6, 6.07) is 2.43. The van der Waals surface area contributed by atoms with E-state index in [-0.39, 0.29) is 5.91 Å². The number of likely N-dealkylation sites (N-methyl/N-ethyl adjacent to an activating group) is 1. The molecule has 3 rings (SSSR count). The van der Waals surface area contributed by atoms with Crippen molar-refractivity contribution in [2.75, 3.05) is 44.7 Å². The monoisotopic (exact) mass is 347 g/mol. The molecule has 1 saturated carbocycles. The standard InChI is InChI=1S/C17H25N5OS/c1-20(17(14-18)5-3-2-4-6-17)15(23)13-21-8-10-22(11-9-21)16-19-7-12-24-16/h7,12H,2-6,8-11,13H2,1H3. The number of carbonyl (C=O) groups excluding carboxylic acids is 1. The van der Waals surface area contributed by atoms with Crippen LogP contribution in [-0.2, 0) is 4.79 Å². The third kappa shape index (κ3) is 3.55. The van der Waals surface area contributed by atoms with E-state index in [0.29, 0.717) is 6.54 Å². The molecule has 0 atom stereocenters. The summed E-state index contributed by atoms with van der Waals surface area (Å²) in [7, 11) is 1.81. The van der Waals surface area contributed by atoms with Crippen molar-refractivity contribution in [1.82, 2.24) is 14.8 Å². The summed E-state index contributed by atoms with van der Waals surface area (Å²) in [6.07, 6.45) is 6.70. The SMILES string of the molecule is CN(C(=O)CN1CCN(c2nccs2)CC1)C1(C#N)CCCCC1. The van der Waals surface area contributed by atoms with Crippen molar-refractivity contribution in [1.29, 1.82) is 5.26 Å². The van der Waals surface area contributed by atoms with Crippen LogP contribution in [0.5, 0.6) is 0 Å². The number of thiazole rings is 1. The molecule has 0 spiro atoms.